The minimum Gasteiger partial charge on any atom is -0.355 e. The predicted molar refractivity (Wildman–Crippen MR) is 66.4 cm³/mol. The lowest BCUT2D eigenvalue weighted by molar-refractivity contribution is -0.120. The van der Waals surface area contributed by atoms with E-state index in [-0.39, 0.29) is 5.91 Å². The summed E-state index contributed by atoms with van der Waals surface area (Å²) in [6.07, 6.45) is 0.466. The van der Waals surface area contributed by atoms with Crippen LogP contribution in [0.25, 0.3) is 0 Å². The number of carbonyl (C=O) groups excluding carboxylic acids is 1. The molecule has 1 amide bonds. The van der Waals surface area contributed by atoms with Crippen molar-refractivity contribution in [3.8, 4) is 0 Å². The lowest BCUT2D eigenvalue weighted by Crippen LogP contribution is -2.32. The van der Waals surface area contributed by atoms with Crippen LogP contribution in [0.4, 0.5) is 0 Å². The van der Waals surface area contributed by atoms with Crippen LogP contribution >= 0.6 is 0 Å². The zero-order valence-electron chi connectivity index (χ0n) is 10.0. The zero-order chi connectivity index (χ0) is 11.8. The monoisotopic (exact) mass is 220 g/mol. The Bertz CT molecular complexity index is 336. The van der Waals surface area contributed by atoms with Gasteiger partial charge in [-0.3, -0.25) is 4.79 Å². The first-order chi connectivity index (χ1) is 7.72. The second-order valence-electron chi connectivity index (χ2n) is 3.87. The van der Waals surface area contributed by atoms with Crippen molar-refractivity contribution < 1.29 is 4.79 Å². The van der Waals surface area contributed by atoms with Crippen LogP contribution in [0, 0.1) is 6.92 Å². The van der Waals surface area contributed by atoms with Gasteiger partial charge in [0.05, 0.1) is 6.42 Å². The van der Waals surface area contributed by atoms with Crippen molar-refractivity contribution in [2.24, 2.45) is 0 Å². The first kappa shape index (κ1) is 12.7. The summed E-state index contributed by atoms with van der Waals surface area (Å²) in [6.45, 7) is 6.55. The molecule has 0 fully saturated rings. The Labute approximate surface area is 97.2 Å². The zero-order valence-corrected chi connectivity index (χ0v) is 10.0. The summed E-state index contributed by atoms with van der Waals surface area (Å²) in [7, 11) is 0. The van der Waals surface area contributed by atoms with Crippen molar-refractivity contribution in [3.63, 3.8) is 0 Å². The number of aryl methyl sites for hydroxylation is 1. The van der Waals surface area contributed by atoms with Gasteiger partial charge in [0.15, 0.2) is 0 Å². The van der Waals surface area contributed by atoms with Crippen molar-refractivity contribution in [1.82, 2.24) is 10.6 Å². The molecule has 0 aliphatic rings. The smallest absolute Gasteiger partial charge is 0.224 e. The molecule has 1 aromatic rings. The number of rotatable bonds is 6. The highest BCUT2D eigenvalue weighted by Gasteiger charge is 2.02. The summed E-state index contributed by atoms with van der Waals surface area (Å²) < 4.78 is 0. The molecule has 0 saturated carbocycles. The van der Waals surface area contributed by atoms with Crippen LogP contribution in [-0.2, 0) is 11.2 Å². The van der Waals surface area contributed by atoms with E-state index in [1.807, 2.05) is 31.2 Å². The van der Waals surface area contributed by atoms with Gasteiger partial charge in [0.1, 0.15) is 0 Å². The molecule has 88 valence electrons. The van der Waals surface area contributed by atoms with E-state index in [9.17, 15) is 4.79 Å². The maximum absolute atomic E-state index is 11.5. The van der Waals surface area contributed by atoms with E-state index in [2.05, 4.69) is 17.6 Å². The van der Waals surface area contributed by atoms with Gasteiger partial charge in [-0.2, -0.15) is 0 Å². The Hall–Kier alpha value is -1.35. The molecule has 0 spiro atoms. The average Bonchev–Trinajstić information content (AvgIpc) is 2.24. The van der Waals surface area contributed by atoms with Gasteiger partial charge >= 0.3 is 0 Å². The Kier molecular flexibility index (Phi) is 5.57. The first-order valence-electron chi connectivity index (χ1n) is 5.75. The van der Waals surface area contributed by atoms with Gasteiger partial charge in [-0.05, 0) is 19.0 Å². The lowest BCUT2D eigenvalue weighted by Gasteiger charge is -2.06. The fourth-order valence-electron chi connectivity index (χ4n) is 1.54. The summed E-state index contributed by atoms with van der Waals surface area (Å²) in [5.74, 6) is 0.0866. The van der Waals surface area contributed by atoms with E-state index in [4.69, 9.17) is 0 Å². The highest BCUT2D eigenvalue weighted by Crippen LogP contribution is 2.04. The van der Waals surface area contributed by atoms with E-state index in [0.29, 0.717) is 13.0 Å². The number of nitrogens with one attached hydrogen (secondary N) is 2. The van der Waals surface area contributed by atoms with Crippen LogP contribution < -0.4 is 10.6 Å². The minimum atomic E-state index is 0.0866. The van der Waals surface area contributed by atoms with Gasteiger partial charge in [-0.25, -0.2) is 0 Å². The fraction of sp³-hybridized carbons (Fsp3) is 0.462. The molecule has 0 aliphatic heterocycles. The standard InChI is InChI=1S/C13H20N2O/c1-3-14-7-8-15-13(16)10-12-6-4-5-11(2)9-12/h4-6,9,14H,3,7-8,10H2,1-2H3,(H,15,16). The quantitative estimate of drug-likeness (QED) is 0.709. The maximum Gasteiger partial charge on any atom is 0.224 e. The second-order valence-corrected chi connectivity index (χ2v) is 3.87. The number of benzene rings is 1. The molecule has 3 heteroatoms. The van der Waals surface area contributed by atoms with Crippen LogP contribution in [0.1, 0.15) is 18.1 Å². The number of likely N-dealkylation sites (N-methyl/N-ethyl adjacent to an activating group) is 1. The summed E-state index contributed by atoms with van der Waals surface area (Å²) >= 11 is 0. The maximum atomic E-state index is 11.5. The first-order valence-corrected chi connectivity index (χ1v) is 5.75. The molecule has 1 aromatic carbocycles. The Morgan fingerprint density at radius 3 is 2.81 bits per heavy atom. The van der Waals surface area contributed by atoms with Crippen LogP contribution in [0.15, 0.2) is 24.3 Å². The molecule has 0 saturated heterocycles. The third-order valence-electron chi connectivity index (χ3n) is 2.32. The summed E-state index contributed by atoms with van der Waals surface area (Å²) in [4.78, 5) is 11.5. The van der Waals surface area contributed by atoms with E-state index in [0.717, 1.165) is 18.7 Å². The molecule has 1 rings (SSSR count). The topological polar surface area (TPSA) is 41.1 Å². The highest BCUT2D eigenvalue weighted by molar-refractivity contribution is 5.78. The van der Waals surface area contributed by atoms with Crippen molar-refractivity contribution in [2.75, 3.05) is 19.6 Å². The fourth-order valence-corrected chi connectivity index (χ4v) is 1.54. The lowest BCUT2D eigenvalue weighted by atomic mass is 10.1. The van der Waals surface area contributed by atoms with Crippen molar-refractivity contribution in [3.05, 3.63) is 35.4 Å². The predicted octanol–water partition coefficient (Wildman–Crippen LogP) is 1.26. The molecule has 0 bridgehead atoms. The average molecular weight is 220 g/mol. The van der Waals surface area contributed by atoms with Gasteiger partial charge in [-0.1, -0.05) is 36.8 Å². The van der Waals surface area contributed by atoms with Crippen molar-refractivity contribution in [1.29, 1.82) is 0 Å². The molecule has 0 heterocycles. The third-order valence-corrected chi connectivity index (χ3v) is 2.32. The molecule has 0 aliphatic carbocycles. The molecule has 2 N–H and O–H groups in total. The van der Waals surface area contributed by atoms with Gasteiger partial charge in [-0.15, -0.1) is 0 Å². The van der Waals surface area contributed by atoms with E-state index >= 15 is 0 Å². The van der Waals surface area contributed by atoms with Gasteiger partial charge < -0.3 is 10.6 Å². The number of carbonyl (C=O) groups is 1. The van der Waals surface area contributed by atoms with Crippen molar-refractivity contribution >= 4 is 5.91 Å². The van der Waals surface area contributed by atoms with Crippen molar-refractivity contribution in [2.45, 2.75) is 20.3 Å². The molecule has 0 radical (unpaired) electrons. The SMILES string of the molecule is CCNCCNC(=O)Cc1cccc(C)c1. The Morgan fingerprint density at radius 2 is 2.12 bits per heavy atom. The molecule has 0 atom stereocenters. The van der Waals surface area contributed by atoms with E-state index < -0.39 is 0 Å². The summed E-state index contributed by atoms with van der Waals surface area (Å²) in [5.41, 5.74) is 2.26. The largest absolute Gasteiger partial charge is 0.355 e. The van der Waals surface area contributed by atoms with Gasteiger partial charge in [0, 0.05) is 13.1 Å². The summed E-state index contributed by atoms with van der Waals surface area (Å²) in [5, 5.41) is 6.05. The highest BCUT2D eigenvalue weighted by atomic mass is 16.1. The van der Waals surface area contributed by atoms with E-state index in [1.165, 1.54) is 5.56 Å². The number of amides is 1. The molecule has 0 unspecified atom stereocenters. The Morgan fingerprint density at radius 1 is 1.31 bits per heavy atom. The molecular formula is C13H20N2O. The Balaban J connectivity index is 2.29. The molecule has 16 heavy (non-hydrogen) atoms. The van der Waals surface area contributed by atoms with E-state index in [1.54, 1.807) is 0 Å². The van der Waals surface area contributed by atoms with Crippen LogP contribution in [-0.4, -0.2) is 25.5 Å². The summed E-state index contributed by atoms with van der Waals surface area (Å²) in [6, 6.07) is 8.05. The second kappa shape index (κ2) is 7.01. The number of hydrogen-bond donors (Lipinski definition) is 2. The normalized spacial score (nSPS) is 10.1. The minimum absolute atomic E-state index is 0.0866. The molecule has 0 aromatic heterocycles. The van der Waals surface area contributed by atoms with Crippen LogP contribution in [0.3, 0.4) is 0 Å². The number of hydrogen-bond acceptors (Lipinski definition) is 2. The van der Waals surface area contributed by atoms with Crippen LogP contribution in [0.2, 0.25) is 0 Å². The molecular weight excluding hydrogens is 200 g/mol. The van der Waals surface area contributed by atoms with Crippen LogP contribution in [0.5, 0.6) is 0 Å². The molecule has 3 nitrogen and oxygen atoms in total. The van der Waals surface area contributed by atoms with Gasteiger partial charge in [0.25, 0.3) is 0 Å². The van der Waals surface area contributed by atoms with Gasteiger partial charge in [0.2, 0.25) is 5.91 Å². The third kappa shape index (κ3) is 4.94.